The van der Waals surface area contributed by atoms with Crippen LogP contribution in [0.5, 0.6) is 0 Å². The molecule has 1 aliphatic rings. The minimum absolute atomic E-state index is 0.0296. The molecular formula is C25H32FN3O4. The first-order valence-corrected chi connectivity index (χ1v) is 11.0. The Kier molecular flexibility index (Phi) is 7.51. The summed E-state index contributed by atoms with van der Waals surface area (Å²) in [5, 5.41) is 22.8. The summed E-state index contributed by atoms with van der Waals surface area (Å²) in [5.74, 6) is -1.21. The highest BCUT2D eigenvalue weighted by Gasteiger charge is 2.43. The number of nitrogens with one attached hydrogen (secondary N) is 1. The van der Waals surface area contributed by atoms with Crippen LogP contribution in [0.2, 0.25) is 0 Å². The number of aliphatic hydroxyl groups is 2. The van der Waals surface area contributed by atoms with Gasteiger partial charge in [-0.1, -0.05) is 63.2 Å². The van der Waals surface area contributed by atoms with Gasteiger partial charge < -0.3 is 26.2 Å². The third kappa shape index (κ3) is 5.58. The van der Waals surface area contributed by atoms with Crippen LogP contribution < -0.4 is 11.1 Å². The number of hydrogen-bond acceptors (Lipinski definition) is 5. The minimum atomic E-state index is -0.882. The average Bonchev–Trinajstić information content (AvgIpc) is 3.18. The van der Waals surface area contributed by atoms with E-state index >= 15 is 0 Å². The molecular weight excluding hydrogens is 425 g/mol. The molecule has 178 valence electrons. The maximum Gasteiger partial charge on any atom is 0.243 e. The topological polar surface area (TPSA) is 116 Å². The van der Waals surface area contributed by atoms with Crippen LogP contribution in [0.1, 0.15) is 38.8 Å². The smallest absolute Gasteiger partial charge is 0.243 e. The van der Waals surface area contributed by atoms with Gasteiger partial charge >= 0.3 is 0 Å². The molecule has 0 aromatic heterocycles. The average molecular weight is 458 g/mol. The van der Waals surface area contributed by atoms with Gasteiger partial charge in [-0.2, -0.15) is 0 Å². The Bertz CT molecular complexity index is 990. The Hall–Kier alpha value is -2.81. The van der Waals surface area contributed by atoms with Crippen molar-refractivity contribution in [2.24, 2.45) is 11.1 Å². The number of benzene rings is 2. The summed E-state index contributed by atoms with van der Waals surface area (Å²) in [6, 6.07) is 10.9. The molecule has 3 rings (SSSR count). The van der Waals surface area contributed by atoms with Gasteiger partial charge in [0.25, 0.3) is 0 Å². The van der Waals surface area contributed by atoms with Crippen molar-refractivity contribution in [2.45, 2.75) is 51.4 Å². The number of nitrogens with two attached hydrogens (primary N) is 1. The highest BCUT2D eigenvalue weighted by molar-refractivity contribution is 5.91. The van der Waals surface area contributed by atoms with Crippen LogP contribution in [0.25, 0.3) is 11.1 Å². The zero-order valence-corrected chi connectivity index (χ0v) is 19.2. The lowest BCUT2D eigenvalue weighted by atomic mass is 9.86. The van der Waals surface area contributed by atoms with Crippen LogP contribution in [0.4, 0.5) is 4.39 Å². The van der Waals surface area contributed by atoms with E-state index in [1.165, 1.54) is 11.0 Å². The van der Waals surface area contributed by atoms with Gasteiger partial charge in [-0.3, -0.25) is 9.59 Å². The van der Waals surface area contributed by atoms with E-state index in [1.807, 2.05) is 20.8 Å². The summed E-state index contributed by atoms with van der Waals surface area (Å²) < 4.78 is 14.1. The standard InChI is InChI=1S/C25H32FN3O4/c1-25(2,3)22(27)24(33)29-13-17(31)12-21(29)23(32)28-20(14-30)16-10-8-15(9-11-16)18-6-4-5-7-19(18)26/h4-11,17,20-22,30-31H,12-14,27H2,1-3H3,(H,28,32)/t17-,20+,21+,22-/m1/s1. The van der Waals surface area contributed by atoms with E-state index in [2.05, 4.69) is 5.32 Å². The molecule has 1 heterocycles. The number of β-amino-alcohol motifs (C(OH)–C–C–N with tert-alkyl or cyclic N) is 1. The molecule has 2 amide bonds. The molecule has 8 heteroatoms. The number of carbonyl (C=O) groups excluding carboxylic acids is 2. The molecule has 1 aliphatic heterocycles. The lowest BCUT2D eigenvalue weighted by Crippen LogP contribution is -2.55. The number of rotatable bonds is 6. The van der Waals surface area contributed by atoms with E-state index in [9.17, 15) is 24.2 Å². The molecule has 1 fully saturated rings. The SMILES string of the molecule is CC(C)(C)[C@H](N)C(=O)N1C[C@H](O)C[C@H]1C(=O)N[C@@H](CO)c1ccc(-c2ccccc2F)cc1. The number of likely N-dealkylation sites (tertiary alicyclic amines) is 1. The number of hydrogen-bond donors (Lipinski definition) is 4. The van der Waals surface area contributed by atoms with Crippen molar-refractivity contribution in [3.05, 3.63) is 59.9 Å². The van der Waals surface area contributed by atoms with Crippen molar-refractivity contribution in [2.75, 3.05) is 13.2 Å². The van der Waals surface area contributed by atoms with Crippen LogP contribution >= 0.6 is 0 Å². The normalized spacial score (nSPS) is 20.4. The van der Waals surface area contributed by atoms with Gasteiger partial charge in [-0.25, -0.2) is 4.39 Å². The molecule has 4 atom stereocenters. The zero-order chi connectivity index (χ0) is 24.3. The van der Waals surface area contributed by atoms with E-state index in [0.29, 0.717) is 16.7 Å². The summed E-state index contributed by atoms with van der Waals surface area (Å²) in [4.78, 5) is 27.3. The van der Waals surface area contributed by atoms with E-state index in [1.54, 1.807) is 42.5 Å². The summed E-state index contributed by atoms with van der Waals surface area (Å²) in [6.07, 6.45) is -0.733. The van der Waals surface area contributed by atoms with Gasteiger partial charge in [0.1, 0.15) is 11.9 Å². The first-order valence-electron chi connectivity index (χ1n) is 11.0. The second-order valence-electron chi connectivity index (χ2n) is 9.59. The Morgan fingerprint density at radius 3 is 2.39 bits per heavy atom. The third-order valence-corrected chi connectivity index (χ3v) is 6.06. The van der Waals surface area contributed by atoms with Crippen LogP contribution in [0, 0.1) is 11.2 Å². The molecule has 5 N–H and O–H groups in total. The van der Waals surface area contributed by atoms with E-state index < -0.39 is 41.5 Å². The monoisotopic (exact) mass is 457 g/mol. The summed E-state index contributed by atoms with van der Waals surface area (Å²) >= 11 is 0. The van der Waals surface area contributed by atoms with E-state index in [0.717, 1.165) is 0 Å². The van der Waals surface area contributed by atoms with Gasteiger partial charge in [0.05, 0.1) is 24.8 Å². The minimum Gasteiger partial charge on any atom is -0.394 e. The van der Waals surface area contributed by atoms with Gasteiger partial charge in [-0.05, 0) is 22.6 Å². The molecule has 2 aromatic rings. The molecule has 1 saturated heterocycles. The molecule has 2 aromatic carbocycles. The van der Waals surface area contributed by atoms with Crippen molar-refractivity contribution in [3.63, 3.8) is 0 Å². The lowest BCUT2D eigenvalue weighted by Gasteiger charge is -2.33. The molecule has 7 nitrogen and oxygen atoms in total. The second-order valence-corrected chi connectivity index (χ2v) is 9.59. The Morgan fingerprint density at radius 1 is 1.18 bits per heavy atom. The van der Waals surface area contributed by atoms with Crippen molar-refractivity contribution < 1.29 is 24.2 Å². The highest BCUT2D eigenvalue weighted by atomic mass is 19.1. The molecule has 0 radical (unpaired) electrons. The van der Waals surface area contributed by atoms with E-state index in [4.69, 9.17) is 5.73 Å². The fourth-order valence-corrected chi connectivity index (χ4v) is 3.95. The maximum atomic E-state index is 14.1. The predicted octanol–water partition coefficient (Wildman–Crippen LogP) is 1.98. The molecule has 0 bridgehead atoms. The number of nitrogens with zero attached hydrogens (tertiary/aromatic N) is 1. The molecule has 0 saturated carbocycles. The quantitative estimate of drug-likeness (QED) is 0.529. The van der Waals surface area contributed by atoms with Gasteiger partial charge in [0.15, 0.2) is 0 Å². The van der Waals surface area contributed by atoms with Gasteiger partial charge in [0.2, 0.25) is 11.8 Å². The number of amides is 2. The van der Waals surface area contributed by atoms with Crippen LogP contribution in [-0.4, -0.2) is 58.3 Å². The molecule has 33 heavy (non-hydrogen) atoms. The fourth-order valence-electron chi connectivity index (χ4n) is 3.95. The number of carbonyl (C=O) groups is 2. The fraction of sp³-hybridized carbons (Fsp3) is 0.440. The molecule has 0 aliphatic carbocycles. The van der Waals surface area contributed by atoms with Crippen LogP contribution in [-0.2, 0) is 9.59 Å². The summed E-state index contributed by atoms with van der Waals surface area (Å²) in [7, 11) is 0. The first kappa shape index (κ1) is 24.8. The summed E-state index contributed by atoms with van der Waals surface area (Å²) in [5.41, 5.74) is 7.36. The van der Waals surface area contributed by atoms with Crippen LogP contribution in [0.3, 0.4) is 0 Å². The first-order chi connectivity index (χ1) is 15.5. The predicted molar refractivity (Wildman–Crippen MR) is 123 cm³/mol. The van der Waals surface area contributed by atoms with Crippen molar-refractivity contribution >= 4 is 11.8 Å². The largest absolute Gasteiger partial charge is 0.394 e. The van der Waals surface area contributed by atoms with Crippen molar-refractivity contribution in [1.29, 1.82) is 0 Å². The Labute approximate surface area is 193 Å². The molecule has 0 spiro atoms. The zero-order valence-electron chi connectivity index (χ0n) is 19.2. The Morgan fingerprint density at radius 2 is 1.82 bits per heavy atom. The molecule has 0 unspecified atom stereocenters. The van der Waals surface area contributed by atoms with Gasteiger partial charge in [-0.15, -0.1) is 0 Å². The van der Waals surface area contributed by atoms with E-state index in [-0.39, 0.29) is 25.4 Å². The number of aliphatic hydroxyl groups excluding tert-OH is 2. The lowest BCUT2D eigenvalue weighted by molar-refractivity contribution is -0.141. The highest BCUT2D eigenvalue weighted by Crippen LogP contribution is 2.27. The van der Waals surface area contributed by atoms with Crippen LogP contribution in [0.15, 0.2) is 48.5 Å². The third-order valence-electron chi connectivity index (χ3n) is 6.06. The second kappa shape index (κ2) is 9.99. The van der Waals surface area contributed by atoms with Crippen molar-refractivity contribution in [1.82, 2.24) is 10.2 Å². The summed E-state index contributed by atoms with van der Waals surface area (Å²) in [6.45, 7) is 5.18. The van der Waals surface area contributed by atoms with Gasteiger partial charge in [0, 0.05) is 18.5 Å². The number of halogens is 1. The van der Waals surface area contributed by atoms with Crippen molar-refractivity contribution in [3.8, 4) is 11.1 Å². The Balaban J connectivity index is 1.74. The maximum absolute atomic E-state index is 14.1.